The maximum atomic E-state index is 11.5. The van der Waals surface area contributed by atoms with E-state index in [9.17, 15) is 18.4 Å². The van der Waals surface area contributed by atoms with Crippen LogP contribution in [0, 0.1) is 0 Å². The van der Waals surface area contributed by atoms with Crippen LogP contribution in [0.3, 0.4) is 0 Å². The van der Waals surface area contributed by atoms with E-state index in [4.69, 9.17) is 13.7 Å². The summed E-state index contributed by atoms with van der Waals surface area (Å²) in [7, 11) is 0. The Morgan fingerprint density at radius 3 is 2.04 bits per heavy atom. The number of hydrogen-bond acceptors (Lipinski definition) is 7. The molecule has 0 aliphatic rings. The summed E-state index contributed by atoms with van der Waals surface area (Å²) in [5, 5.41) is 0. The van der Waals surface area contributed by atoms with Gasteiger partial charge in [0, 0.05) is 12.8 Å². The Bertz CT molecular complexity index is 391. The molecule has 2 unspecified atom stereocenters. The highest BCUT2D eigenvalue weighted by Gasteiger charge is 2.16. The molecule has 0 aromatic rings. The predicted molar refractivity (Wildman–Crippen MR) is 88.0 cm³/mol. The molecule has 0 saturated heterocycles. The van der Waals surface area contributed by atoms with E-state index in [1.54, 1.807) is 20.8 Å². The smallest absolute Gasteiger partial charge is 0.309 e. The SMILES string of the molecule is C[S+]([O-])COC(=O)CCCCCC(=O)OCS(=O)OC(C)(C)C. The van der Waals surface area contributed by atoms with E-state index in [1.807, 2.05) is 0 Å². The maximum absolute atomic E-state index is 11.5. The molecule has 0 fully saturated rings. The fourth-order valence-electron chi connectivity index (χ4n) is 1.43. The average Bonchev–Trinajstić information content (AvgIpc) is 2.40. The van der Waals surface area contributed by atoms with Crippen LogP contribution in [0.5, 0.6) is 0 Å². The largest absolute Gasteiger partial charge is 0.614 e. The van der Waals surface area contributed by atoms with Crippen molar-refractivity contribution in [2.45, 2.75) is 58.5 Å². The van der Waals surface area contributed by atoms with Crippen molar-refractivity contribution in [2.24, 2.45) is 0 Å². The molecule has 0 spiro atoms. The molecule has 0 bridgehead atoms. The van der Waals surface area contributed by atoms with Crippen molar-refractivity contribution in [3.63, 3.8) is 0 Å². The summed E-state index contributed by atoms with van der Waals surface area (Å²) in [4.78, 5) is 22.7. The highest BCUT2D eigenvalue weighted by molar-refractivity contribution is 7.90. The zero-order valence-corrected chi connectivity index (χ0v) is 15.8. The third-order valence-electron chi connectivity index (χ3n) is 2.31. The Morgan fingerprint density at radius 1 is 1.04 bits per heavy atom. The van der Waals surface area contributed by atoms with Gasteiger partial charge in [0.25, 0.3) is 0 Å². The monoisotopic (exact) mass is 370 g/mol. The van der Waals surface area contributed by atoms with Crippen LogP contribution < -0.4 is 0 Å². The first kappa shape index (κ1) is 22.4. The minimum atomic E-state index is -1.66. The van der Waals surface area contributed by atoms with Gasteiger partial charge in [0.2, 0.25) is 5.94 Å². The predicted octanol–water partition coefficient (Wildman–Crippen LogP) is 1.80. The zero-order valence-electron chi connectivity index (χ0n) is 14.1. The minimum Gasteiger partial charge on any atom is -0.614 e. The van der Waals surface area contributed by atoms with Gasteiger partial charge in [-0.05, 0) is 44.8 Å². The second-order valence-corrected chi connectivity index (χ2v) is 8.29. The van der Waals surface area contributed by atoms with Crippen molar-refractivity contribution in [3.8, 4) is 0 Å². The zero-order chi connectivity index (χ0) is 17.9. The summed E-state index contributed by atoms with van der Waals surface area (Å²) in [6.45, 7) is 5.28. The van der Waals surface area contributed by atoms with Gasteiger partial charge in [0.15, 0.2) is 17.0 Å². The molecule has 0 N–H and O–H groups in total. The molecule has 0 aromatic carbocycles. The molecular weight excluding hydrogens is 344 g/mol. The minimum absolute atomic E-state index is 0.0844. The summed E-state index contributed by atoms with van der Waals surface area (Å²) in [6, 6.07) is 0. The number of ether oxygens (including phenoxy) is 2. The van der Waals surface area contributed by atoms with E-state index in [0.29, 0.717) is 19.3 Å². The lowest BCUT2D eigenvalue weighted by Gasteiger charge is -2.17. The van der Waals surface area contributed by atoms with E-state index in [-0.39, 0.29) is 24.7 Å². The molecule has 0 amide bonds. The number of unbranched alkanes of at least 4 members (excludes halogenated alkanes) is 2. The molecule has 0 rings (SSSR count). The van der Waals surface area contributed by atoms with Gasteiger partial charge in [-0.15, -0.1) is 0 Å². The molecule has 136 valence electrons. The van der Waals surface area contributed by atoms with Gasteiger partial charge in [0.1, 0.15) is 0 Å². The topological polar surface area (TPSA) is 102 Å². The summed E-state index contributed by atoms with van der Waals surface area (Å²) in [5.41, 5.74) is -0.559. The summed E-state index contributed by atoms with van der Waals surface area (Å²) in [6.07, 6.45) is 3.70. The molecule has 9 heteroatoms. The molecule has 0 saturated carbocycles. The lowest BCUT2D eigenvalue weighted by atomic mass is 10.1. The maximum Gasteiger partial charge on any atom is 0.309 e. The molecule has 0 aliphatic carbocycles. The quantitative estimate of drug-likeness (QED) is 0.310. The van der Waals surface area contributed by atoms with Crippen molar-refractivity contribution < 1.29 is 32.0 Å². The van der Waals surface area contributed by atoms with Crippen LogP contribution in [0.25, 0.3) is 0 Å². The standard InChI is InChI=1S/C14H26O7S2/c1-14(2,3)21-23(18)11-20-13(16)9-7-5-6-8-12(15)19-10-22(4)17/h5-11H2,1-4H3. The van der Waals surface area contributed by atoms with Crippen LogP contribution >= 0.6 is 0 Å². The first-order valence-corrected chi connectivity index (χ1v) is 10.3. The van der Waals surface area contributed by atoms with Crippen molar-refractivity contribution >= 4 is 34.2 Å². The Morgan fingerprint density at radius 2 is 1.57 bits per heavy atom. The van der Waals surface area contributed by atoms with E-state index < -0.39 is 39.8 Å². The summed E-state index contributed by atoms with van der Waals surface area (Å²) >= 11 is -2.81. The van der Waals surface area contributed by atoms with Crippen molar-refractivity contribution in [1.82, 2.24) is 0 Å². The molecular formula is C14H26O7S2. The van der Waals surface area contributed by atoms with Crippen LogP contribution in [0.4, 0.5) is 0 Å². The fourth-order valence-corrected chi connectivity index (χ4v) is 2.56. The van der Waals surface area contributed by atoms with Crippen LogP contribution in [0.2, 0.25) is 0 Å². The molecule has 0 heterocycles. The first-order chi connectivity index (χ1) is 10.6. The molecule has 7 nitrogen and oxygen atoms in total. The van der Waals surface area contributed by atoms with Crippen LogP contribution in [0.15, 0.2) is 0 Å². The number of carbonyl (C=O) groups is 2. The lowest BCUT2D eigenvalue weighted by Crippen LogP contribution is -2.23. The van der Waals surface area contributed by atoms with Gasteiger partial charge in [-0.2, -0.15) is 0 Å². The third kappa shape index (κ3) is 16.0. The van der Waals surface area contributed by atoms with Crippen LogP contribution in [-0.2, 0) is 45.5 Å². The Hall–Kier alpha value is -0.640. The second kappa shape index (κ2) is 11.8. The van der Waals surface area contributed by atoms with Gasteiger partial charge in [-0.3, -0.25) is 13.8 Å². The van der Waals surface area contributed by atoms with Gasteiger partial charge in [-0.1, -0.05) is 6.42 Å². The van der Waals surface area contributed by atoms with Gasteiger partial charge >= 0.3 is 11.9 Å². The normalized spacial score (nSPS) is 14.1. The van der Waals surface area contributed by atoms with Gasteiger partial charge < -0.3 is 14.0 Å². The van der Waals surface area contributed by atoms with Gasteiger partial charge in [-0.25, -0.2) is 4.21 Å². The van der Waals surface area contributed by atoms with Gasteiger partial charge in [0.05, 0.1) is 11.9 Å². The highest BCUT2D eigenvalue weighted by atomic mass is 32.2. The molecule has 23 heavy (non-hydrogen) atoms. The fraction of sp³-hybridized carbons (Fsp3) is 0.857. The van der Waals surface area contributed by atoms with E-state index in [0.717, 1.165) is 0 Å². The van der Waals surface area contributed by atoms with Crippen molar-refractivity contribution in [1.29, 1.82) is 0 Å². The average molecular weight is 370 g/mol. The molecule has 0 radical (unpaired) electrons. The number of hydrogen-bond donors (Lipinski definition) is 0. The molecule has 0 aliphatic heterocycles. The number of carbonyl (C=O) groups excluding carboxylic acids is 2. The number of esters is 2. The van der Waals surface area contributed by atoms with Crippen LogP contribution in [0.1, 0.15) is 52.9 Å². The Labute approximate surface area is 143 Å². The van der Waals surface area contributed by atoms with E-state index in [2.05, 4.69) is 0 Å². The van der Waals surface area contributed by atoms with Crippen LogP contribution in [-0.4, -0.2) is 44.4 Å². The third-order valence-corrected chi connectivity index (χ3v) is 3.75. The summed E-state index contributed by atoms with van der Waals surface area (Å²) in [5.74, 6) is -1.20. The Kier molecular flexibility index (Phi) is 11.5. The first-order valence-electron chi connectivity index (χ1n) is 7.29. The summed E-state index contributed by atoms with van der Waals surface area (Å²) < 4.78 is 36.9. The molecule has 2 atom stereocenters. The number of rotatable bonds is 11. The second-order valence-electron chi connectivity index (χ2n) is 5.90. The van der Waals surface area contributed by atoms with Crippen molar-refractivity contribution in [3.05, 3.63) is 0 Å². The highest BCUT2D eigenvalue weighted by Crippen LogP contribution is 2.10. The van der Waals surface area contributed by atoms with Crippen molar-refractivity contribution in [2.75, 3.05) is 18.1 Å². The molecule has 0 aromatic heterocycles. The lowest BCUT2D eigenvalue weighted by molar-refractivity contribution is -0.142. The van der Waals surface area contributed by atoms with E-state index in [1.165, 1.54) is 6.26 Å². The van der Waals surface area contributed by atoms with E-state index >= 15 is 0 Å². The Balaban J connectivity index is 3.60.